The highest BCUT2D eigenvalue weighted by atomic mass is 35.5. The average Bonchev–Trinajstić information content (AvgIpc) is 2.85. The van der Waals surface area contributed by atoms with E-state index in [1.165, 1.54) is 16.7 Å². The van der Waals surface area contributed by atoms with E-state index in [1.807, 2.05) is 12.1 Å². The van der Waals surface area contributed by atoms with Crippen LogP contribution in [0, 0.1) is 0 Å². The predicted octanol–water partition coefficient (Wildman–Crippen LogP) is 4.11. The summed E-state index contributed by atoms with van der Waals surface area (Å²) in [6, 6.07) is 12.4. The van der Waals surface area contributed by atoms with Crippen LogP contribution >= 0.6 is 11.6 Å². The van der Waals surface area contributed by atoms with Crippen LogP contribution in [0.4, 0.5) is 0 Å². The van der Waals surface area contributed by atoms with Gasteiger partial charge in [0.1, 0.15) is 5.75 Å². The smallest absolute Gasteiger partial charge is 0.330 e. The van der Waals surface area contributed by atoms with Gasteiger partial charge in [-0.3, -0.25) is 9.69 Å². The Morgan fingerprint density at radius 1 is 1.03 bits per heavy atom. The number of rotatable bonds is 11. The van der Waals surface area contributed by atoms with E-state index < -0.39 is 11.2 Å². The van der Waals surface area contributed by atoms with Crippen LogP contribution in [0.15, 0.2) is 48.6 Å². The third kappa shape index (κ3) is 6.74. The van der Waals surface area contributed by atoms with Crippen molar-refractivity contribution in [2.75, 3.05) is 41.0 Å². The maximum absolute atomic E-state index is 11.7. The zero-order chi connectivity index (χ0) is 24.5. The Kier molecular flexibility index (Phi) is 9.36. The number of halogens is 1. The minimum Gasteiger partial charge on any atom is -0.497 e. The van der Waals surface area contributed by atoms with E-state index in [-0.39, 0.29) is 12.6 Å². The molecule has 2 aromatic carbocycles. The summed E-state index contributed by atoms with van der Waals surface area (Å²) in [5.74, 6) is 1.68. The molecule has 0 saturated heterocycles. The van der Waals surface area contributed by atoms with Crippen molar-refractivity contribution in [1.82, 2.24) is 4.90 Å². The normalized spacial score (nSPS) is 15.6. The zero-order valence-electron chi connectivity index (χ0n) is 19.7. The summed E-state index contributed by atoms with van der Waals surface area (Å²) in [6.07, 6.45) is 4.38. The summed E-state index contributed by atoms with van der Waals surface area (Å²) in [7, 11) is 4.95. The molecule has 0 radical (unpaired) electrons. The number of fused-ring (bicyclic) bond motifs is 1. The molecule has 0 bridgehead atoms. The van der Waals surface area contributed by atoms with Gasteiger partial charge in [0.05, 0.1) is 27.9 Å². The van der Waals surface area contributed by atoms with Crippen LogP contribution in [-0.2, 0) is 27.2 Å². The molecule has 3 rings (SSSR count). The predicted molar refractivity (Wildman–Crippen MR) is 130 cm³/mol. The number of nitrogens with zero attached hydrogens (tertiary/aromatic N) is 1. The van der Waals surface area contributed by atoms with Crippen LogP contribution in [0.2, 0.25) is 0 Å². The number of methoxy groups -OCH3 is 3. The van der Waals surface area contributed by atoms with Gasteiger partial charge in [0, 0.05) is 31.3 Å². The number of esters is 1. The van der Waals surface area contributed by atoms with E-state index in [2.05, 4.69) is 29.2 Å². The Morgan fingerprint density at radius 2 is 1.74 bits per heavy atom. The molecule has 0 fully saturated rings. The highest BCUT2D eigenvalue weighted by Gasteiger charge is 2.29. The van der Waals surface area contributed by atoms with Crippen LogP contribution in [0.1, 0.15) is 29.2 Å². The molecule has 0 spiro atoms. The Hall–Kier alpha value is -3.03. The van der Waals surface area contributed by atoms with Gasteiger partial charge in [-0.25, -0.2) is 4.79 Å². The second-order valence-corrected chi connectivity index (χ2v) is 8.29. The van der Waals surface area contributed by atoms with Crippen LogP contribution in [0.5, 0.6) is 17.2 Å². The fraction of sp³-hybridized carbons (Fsp3) is 0.385. The Balaban J connectivity index is 1.76. The second-order valence-electron chi connectivity index (χ2n) is 7.92. The number of allylic oxidation sites excluding steroid dienone is 1. The first-order valence-corrected chi connectivity index (χ1v) is 11.5. The molecule has 0 amide bonds. The number of hydrogen-bond donors (Lipinski definition) is 0. The van der Waals surface area contributed by atoms with Crippen molar-refractivity contribution in [2.45, 2.75) is 25.3 Å². The molecule has 0 saturated carbocycles. The van der Waals surface area contributed by atoms with E-state index in [4.69, 9.17) is 30.5 Å². The third-order valence-corrected chi connectivity index (χ3v) is 6.01. The van der Waals surface area contributed by atoms with Crippen LogP contribution < -0.4 is 14.2 Å². The lowest BCUT2D eigenvalue weighted by Gasteiger charge is -2.38. The largest absolute Gasteiger partial charge is 0.497 e. The Bertz CT molecular complexity index is 1020. The van der Waals surface area contributed by atoms with Gasteiger partial charge < -0.3 is 18.9 Å². The summed E-state index contributed by atoms with van der Waals surface area (Å²) in [5, 5.41) is -0.711. The van der Waals surface area contributed by atoms with Crippen molar-refractivity contribution >= 4 is 22.8 Å². The molecular weight excluding hydrogens is 458 g/mol. The maximum atomic E-state index is 11.7. The first kappa shape index (κ1) is 25.6. The zero-order valence-corrected chi connectivity index (χ0v) is 20.5. The van der Waals surface area contributed by atoms with Gasteiger partial charge >= 0.3 is 5.97 Å². The summed E-state index contributed by atoms with van der Waals surface area (Å²) < 4.78 is 21.6. The monoisotopic (exact) mass is 487 g/mol. The van der Waals surface area contributed by atoms with E-state index in [0.717, 1.165) is 49.6 Å². The molecule has 1 heterocycles. The summed E-state index contributed by atoms with van der Waals surface area (Å²) in [4.78, 5) is 24.8. The number of ether oxygens (including phenoxy) is 4. The summed E-state index contributed by atoms with van der Waals surface area (Å²) in [5.41, 5.74) is 3.65. The Labute approximate surface area is 205 Å². The van der Waals surface area contributed by atoms with Crippen LogP contribution in [-0.4, -0.2) is 57.1 Å². The highest BCUT2D eigenvalue weighted by molar-refractivity contribution is 6.66. The highest BCUT2D eigenvalue weighted by Crippen LogP contribution is 2.39. The van der Waals surface area contributed by atoms with E-state index >= 15 is 0 Å². The number of carbonyl (C=O) groups excluding carboxylic acids is 2. The molecule has 1 aliphatic rings. The first-order valence-electron chi connectivity index (χ1n) is 11.1. The van der Waals surface area contributed by atoms with Gasteiger partial charge in [-0.1, -0.05) is 12.1 Å². The third-order valence-electron chi connectivity index (χ3n) is 5.89. The molecule has 182 valence electrons. The molecule has 1 aliphatic heterocycles. The van der Waals surface area contributed by atoms with E-state index in [0.29, 0.717) is 12.2 Å². The Morgan fingerprint density at radius 3 is 2.38 bits per heavy atom. The molecule has 0 aromatic heterocycles. The lowest BCUT2D eigenvalue weighted by molar-refractivity contribution is -0.138. The van der Waals surface area contributed by atoms with Gasteiger partial charge in [0.2, 0.25) is 5.24 Å². The van der Waals surface area contributed by atoms with Crippen LogP contribution in [0.3, 0.4) is 0 Å². The summed E-state index contributed by atoms with van der Waals surface area (Å²) in [6.45, 7) is 1.88. The maximum Gasteiger partial charge on any atom is 0.330 e. The van der Waals surface area contributed by atoms with Crippen molar-refractivity contribution in [3.8, 4) is 17.2 Å². The topological polar surface area (TPSA) is 74.3 Å². The van der Waals surface area contributed by atoms with Gasteiger partial charge in [0.15, 0.2) is 11.5 Å². The van der Waals surface area contributed by atoms with E-state index in [1.54, 1.807) is 21.3 Å². The molecular formula is C26H30ClNO6. The van der Waals surface area contributed by atoms with Gasteiger partial charge in [-0.2, -0.15) is 0 Å². The minimum atomic E-state index is -0.711. The SMILES string of the molecule is COc1ccc(CC2c3cc(OC)c(OC)cc3CCN2CCCOC(=O)C=CC(=O)Cl)cc1. The van der Waals surface area contributed by atoms with Gasteiger partial charge in [-0.05, 0) is 71.8 Å². The van der Waals surface area contributed by atoms with Crippen molar-refractivity contribution in [2.24, 2.45) is 0 Å². The fourth-order valence-corrected chi connectivity index (χ4v) is 4.26. The molecule has 0 N–H and O–H groups in total. The van der Waals surface area contributed by atoms with Crippen molar-refractivity contribution in [1.29, 1.82) is 0 Å². The number of hydrogen-bond acceptors (Lipinski definition) is 7. The standard InChI is InChI=1S/C26H30ClNO6/c1-31-20-7-5-18(6-8-20)15-22-21-17-24(33-3)23(32-2)16-19(21)11-13-28(22)12-4-14-34-26(30)10-9-25(27)29/h5-10,16-17,22H,4,11-15H2,1-3H3. The van der Waals surface area contributed by atoms with Crippen molar-refractivity contribution in [3.63, 3.8) is 0 Å². The molecule has 7 nitrogen and oxygen atoms in total. The molecule has 2 aromatic rings. The molecule has 1 unspecified atom stereocenters. The minimum absolute atomic E-state index is 0.126. The molecule has 1 atom stereocenters. The van der Waals surface area contributed by atoms with Crippen LogP contribution in [0.25, 0.3) is 0 Å². The first-order chi connectivity index (χ1) is 16.4. The fourth-order valence-electron chi connectivity index (χ4n) is 4.19. The quantitative estimate of drug-likeness (QED) is 0.204. The molecule has 0 aliphatic carbocycles. The molecule has 34 heavy (non-hydrogen) atoms. The van der Waals surface area contributed by atoms with Gasteiger partial charge in [0.25, 0.3) is 0 Å². The van der Waals surface area contributed by atoms with Crippen molar-refractivity contribution < 1.29 is 28.5 Å². The van der Waals surface area contributed by atoms with Gasteiger partial charge in [-0.15, -0.1) is 0 Å². The lowest BCUT2D eigenvalue weighted by Crippen LogP contribution is -2.37. The second kappa shape index (κ2) is 12.4. The summed E-state index contributed by atoms with van der Waals surface area (Å²) >= 11 is 5.20. The number of carbonyl (C=O) groups is 2. The lowest BCUT2D eigenvalue weighted by atomic mass is 9.88. The average molecular weight is 488 g/mol. The van der Waals surface area contributed by atoms with E-state index in [9.17, 15) is 9.59 Å². The molecule has 8 heteroatoms. The number of benzene rings is 2. The van der Waals surface area contributed by atoms with Crippen molar-refractivity contribution in [3.05, 3.63) is 65.2 Å².